The molecule has 106 valence electrons. The van der Waals surface area contributed by atoms with E-state index in [-0.39, 0.29) is 0 Å². The quantitative estimate of drug-likeness (QED) is 0.769. The predicted octanol–water partition coefficient (Wildman–Crippen LogP) is 5.36. The van der Waals surface area contributed by atoms with Gasteiger partial charge in [0.05, 0.1) is 5.69 Å². The molecule has 0 bridgehead atoms. The van der Waals surface area contributed by atoms with Gasteiger partial charge in [-0.05, 0) is 24.0 Å². The van der Waals surface area contributed by atoms with Crippen LogP contribution >= 0.6 is 12.2 Å². The van der Waals surface area contributed by atoms with Gasteiger partial charge in [-0.25, -0.2) is 4.98 Å². The van der Waals surface area contributed by atoms with Gasteiger partial charge in [-0.2, -0.15) is 0 Å². The molecule has 0 saturated heterocycles. The molecule has 0 aliphatic heterocycles. The Kier molecular flexibility index (Phi) is 4.39. The van der Waals surface area contributed by atoms with Crippen molar-refractivity contribution in [3.8, 4) is 11.3 Å². The average molecular weight is 286 g/mol. The van der Waals surface area contributed by atoms with Crippen LogP contribution in [0.3, 0.4) is 0 Å². The van der Waals surface area contributed by atoms with Crippen LogP contribution in [-0.4, -0.2) is 9.97 Å². The Morgan fingerprint density at radius 2 is 1.60 bits per heavy atom. The van der Waals surface area contributed by atoms with Crippen molar-refractivity contribution in [2.24, 2.45) is 0 Å². The number of H-pyrrole nitrogens is 1. The van der Waals surface area contributed by atoms with E-state index in [0.717, 1.165) is 17.1 Å². The van der Waals surface area contributed by atoms with Crippen molar-refractivity contribution in [2.75, 3.05) is 0 Å². The SMILES string of the molecule is Cc1c(-c2ccc(C(C)C)cc2)[nH]c(C(C)C)nc1=S. The van der Waals surface area contributed by atoms with E-state index in [9.17, 15) is 0 Å². The van der Waals surface area contributed by atoms with Crippen LogP contribution in [0.15, 0.2) is 24.3 Å². The highest BCUT2D eigenvalue weighted by atomic mass is 32.1. The third-order valence-electron chi connectivity index (χ3n) is 3.58. The van der Waals surface area contributed by atoms with Gasteiger partial charge < -0.3 is 4.98 Å². The van der Waals surface area contributed by atoms with Crippen molar-refractivity contribution < 1.29 is 0 Å². The maximum Gasteiger partial charge on any atom is 0.133 e. The summed E-state index contributed by atoms with van der Waals surface area (Å²) in [5.74, 6) is 1.84. The third kappa shape index (κ3) is 2.98. The number of benzene rings is 1. The van der Waals surface area contributed by atoms with Gasteiger partial charge in [-0.15, -0.1) is 0 Å². The first-order chi connectivity index (χ1) is 9.40. The molecule has 0 unspecified atom stereocenters. The Morgan fingerprint density at radius 1 is 1.00 bits per heavy atom. The lowest BCUT2D eigenvalue weighted by Gasteiger charge is -2.13. The highest BCUT2D eigenvalue weighted by Crippen LogP contribution is 2.25. The first-order valence-electron chi connectivity index (χ1n) is 7.11. The molecule has 0 fully saturated rings. The topological polar surface area (TPSA) is 28.7 Å². The Hall–Kier alpha value is -1.48. The molecule has 2 aromatic rings. The van der Waals surface area contributed by atoms with Crippen molar-refractivity contribution in [3.05, 3.63) is 45.9 Å². The molecule has 0 atom stereocenters. The van der Waals surface area contributed by atoms with Gasteiger partial charge >= 0.3 is 0 Å². The second-order valence-corrected chi connectivity index (χ2v) is 6.25. The van der Waals surface area contributed by atoms with Gasteiger partial charge in [0.1, 0.15) is 10.5 Å². The average Bonchev–Trinajstić information content (AvgIpc) is 2.41. The number of hydrogen-bond acceptors (Lipinski definition) is 2. The van der Waals surface area contributed by atoms with Crippen molar-refractivity contribution in [3.63, 3.8) is 0 Å². The second kappa shape index (κ2) is 5.88. The summed E-state index contributed by atoms with van der Waals surface area (Å²) in [5.41, 5.74) is 4.65. The Labute approximate surface area is 126 Å². The standard InChI is InChI=1S/C17H22N2S/c1-10(2)13-6-8-14(9-7-13)15-12(5)17(20)19-16(18-15)11(3)4/h6-11H,1-5H3,(H,18,19,20). The van der Waals surface area contributed by atoms with Crippen LogP contribution in [0.1, 0.15) is 56.5 Å². The van der Waals surface area contributed by atoms with Gasteiger partial charge in [0.15, 0.2) is 0 Å². The van der Waals surface area contributed by atoms with Crippen molar-refractivity contribution in [2.45, 2.75) is 46.5 Å². The molecule has 0 radical (unpaired) electrons. The van der Waals surface area contributed by atoms with Gasteiger partial charge in [0.25, 0.3) is 0 Å². The van der Waals surface area contributed by atoms with E-state index in [1.165, 1.54) is 11.1 Å². The molecule has 1 aromatic heterocycles. The Bertz CT molecular complexity index is 652. The number of hydrogen-bond donors (Lipinski definition) is 1. The van der Waals surface area contributed by atoms with Gasteiger partial charge in [0, 0.05) is 11.5 Å². The minimum absolute atomic E-state index is 0.339. The highest BCUT2D eigenvalue weighted by Gasteiger charge is 2.10. The van der Waals surface area contributed by atoms with Gasteiger partial charge in [-0.3, -0.25) is 0 Å². The molecule has 2 nitrogen and oxygen atoms in total. The summed E-state index contributed by atoms with van der Waals surface area (Å²) in [6.07, 6.45) is 0. The summed E-state index contributed by atoms with van der Waals surface area (Å²) in [7, 11) is 0. The fraction of sp³-hybridized carbons (Fsp3) is 0.412. The molecule has 1 heterocycles. The number of nitrogens with zero attached hydrogens (tertiary/aromatic N) is 1. The molecule has 0 spiro atoms. The van der Waals surface area contributed by atoms with Crippen LogP contribution in [0.5, 0.6) is 0 Å². The number of nitrogens with one attached hydrogen (secondary N) is 1. The molecule has 1 N–H and O–H groups in total. The van der Waals surface area contributed by atoms with Crippen LogP contribution < -0.4 is 0 Å². The summed E-state index contributed by atoms with van der Waals surface area (Å²) < 4.78 is 0.690. The van der Waals surface area contributed by atoms with E-state index in [0.29, 0.717) is 16.5 Å². The fourth-order valence-electron chi connectivity index (χ4n) is 2.15. The van der Waals surface area contributed by atoms with Crippen LogP contribution in [0.2, 0.25) is 0 Å². The normalized spacial score (nSPS) is 11.3. The molecule has 2 rings (SSSR count). The van der Waals surface area contributed by atoms with Crippen LogP contribution in [-0.2, 0) is 0 Å². The van der Waals surface area contributed by atoms with Crippen molar-refractivity contribution in [1.82, 2.24) is 9.97 Å². The third-order valence-corrected chi connectivity index (χ3v) is 3.98. The van der Waals surface area contributed by atoms with E-state index in [4.69, 9.17) is 12.2 Å². The zero-order chi connectivity index (χ0) is 14.9. The Morgan fingerprint density at radius 3 is 2.10 bits per heavy atom. The largest absolute Gasteiger partial charge is 0.343 e. The summed E-state index contributed by atoms with van der Waals surface area (Å²) in [4.78, 5) is 7.90. The maximum atomic E-state index is 5.38. The van der Waals surface area contributed by atoms with Crippen LogP contribution in [0.4, 0.5) is 0 Å². The molecule has 0 amide bonds. The van der Waals surface area contributed by atoms with E-state index < -0.39 is 0 Å². The molecular formula is C17H22N2S. The van der Waals surface area contributed by atoms with E-state index in [1.54, 1.807) is 0 Å². The van der Waals surface area contributed by atoms with E-state index >= 15 is 0 Å². The molecule has 0 aliphatic rings. The zero-order valence-corrected chi connectivity index (χ0v) is 13.6. The zero-order valence-electron chi connectivity index (χ0n) is 12.8. The summed E-state index contributed by atoms with van der Waals surface area (Å²) in [6.45, 7) is 10.7. The van der Waals surface area contributed by atoms with Crippen LogP contribution in [0.25, 0.3) is 11.3 Å². The fourth-order valence-corrected chi connectivity index (χ4v) is 2.35. The summed E-state index contributed by atoms with van der Waals surface area (Å²) >= 11 is 5.38. The highest BCUT2D eigenvalue weighted by molar-refractivity contribution is 7.71. The lowest BCUT2D eigenvalue weighted by atomic mass is 9.99. The first kappa shape index (κ1) is 14.9. The second-order valence-electron chi connectivity index (χ2n) is 5.86. The summed E-state index contributed by atoms with van der Waals surface area (Å²) in [5, 5.41) is 0. The molecular weight excluding hydrogens is 264 g/mol. The molecule has 0 saturated carbocycles. The lowest BCUT2D eigenvalue weighted by molar-refractivity contribution is 0.770. The summed E-state index contributed by atoms with van der Waals surface area (Å²) in [6, 6.07) is 8.69. The van der Waals surface area contributed by atoms with Crippen molar-refractivity contribution in [1.29, 1.82) is 0 Å². The maximum absolute atomic E-state index is 5.38. The van der Waals surface area contributed by atoms with Gasteiger partial charge in [-0.1, -0.05) is 64.2 Å². The monoisotopic (exact) mass is 286 g/mol. The van der Waals surface area contributed by atoms with Crippen molar-refractivity contribution >= 4 is 12.2 Å². The van der Waals surface area contributed by atoms with E-state index in [2.05, 4.69) is 61.9 Å². The molecule has 0 aliphatic carbocycles. The van der Waals surface area contributed by atoms with E-state index in [1.807, 2.05) is 6.92 Å². The van der Waals surface area contributed by atoms with Gasteiger partial charge in [0.2, 0.25) is 0 Å². The molecule has 3 heteroatoms. The number of aromatic amines is 1. The lowest BCUT2D eigenvalue weighted by Crippen LogP contribution is -2.02. The number of rotatable bonds is 3. The predicted molar refractivity (Wildman–Crippen MR) is 87.8 cm³/mol. The number of aromatic nitrogens is 2. The minimum Gasteiger partial charge on any atom is -0.343 e. The Balaban J connectivity index is 2.54. The smallest absolute Gasteiger partial charge is 0.133 e. The minimum atomic E-state index is 0.339. The first-order valence-corrected chi connectivity index (χ1v) is 7.52. The molecule has 1 aromatic carbocycles. The van der Waals surface area contributed by atoms with Crippen LogP contribution in [0, 0.1) is 11.6 Å². The molecule has 20 heavy (non-hydrogen) atoms.